The average Bonchev–Trinajstić information content (AvgIpc) is 2.64. The quantitative estimate of drug-likeness (QED) is 0.839. The highest BCUT2D eigenvalue weighted by atomic mass is 16.5. The van der Waals surface area contributed by atoms with Crippen LogP contribution in [0.1, 0.15) is 31.9 Å². The van der Waals surface area contributed by atoms with Gasteiger partial charge in [0.2, 0.25) is 0 Å². The molecular formula is C22H25N3O3. The fraction of sp³-hybridized carbons (Fsp3) is 0.273. The Bertz CT molecular complexity index is 950. The van der Waals surface area contributed by atoms with E-state index in [4.69, 9.17) is 4.74 Å². The molecule has 1 aliphatic rings. The second-order valence-corrected chi connectivity index (χ2v) is 7.49. The number of likely N-dealkylation sites (N-methyl/N-ethyl adjacent to an activating group) is 1. The molecule has 2 aromatic rings. The van der Waals surface area contributed by atoms with E-state index >= 15 is 0 Å². The number of carbonyl (C=O) groups is 2. The third-order valence-corrected chi connectivity index (χ3v) is 4.81. The molecule has 0 unspecified atom stereocenters. The summed E-state index contributed by atoms with van der Waals surface area (Å²) < 4.78 is 5.41. The van der Waals surface area contributed by atoms with Crippen molar-refractivity contribution in [2.75, 3.05) is 23.9 Å². The van der Waals surface area contributed by atoms with E-state index in [1.54, 1.807) is 25.2 Å². The number of fused-ring (bicyclic) bond motifs is 1. The summed E-state index contributed by atoms with van der Waals surface area (Å²) in [4.78, 5) is 25.9. The molecule has 0 aromatic heterocycles. The van der Waals surface area contributed by atoms with Crippen LogP contribution in [0, 0.1) is 0 Å². The zero-order valence-corrected chi connectivity index (χ0v) is 16.6. The zero-order chi connectivity index (χ0) is 20.5. The third kappa shape index (κ3) is 4.01. The van der Waals surface area contributed by atoms with Crippen LogP contribution in [0.3, 0.4) is 0 Å². The Morgan fingerprint density at radius 2 is 1.96 bits per heavy atom. The standard InChI is InChI=1S/C22H25N3O3/c1-14(2)15-7-6-8-16(11-15)22(3,4)24-21(27)23-17-9-10-19-18(12-17)25(5)20(26)13-28-19/h6-12H,1,13H2,2-5H3,(H2,23,24,27). The van der Waals surface area contributed by atoms with Crippen molar-refractivity contribution in [3.8, 4) is 5.75 Å². The summed E-state index contributed by atoms with van der Waals surface area (Å²) in [6.07, 6.45) is 0. The molecular weight excluding hydrogens is 354 g/mol. The van der Waals surface area contributed by atoms with Crippen molar-refractivity contribution in [1.29, 1.82) is 0 Å². The molecule has 0 saturated heterocycles. The molecule has 0 fully saturated rings. The number of benzene rings is 2. The van der Waals surface area contributed by atoms with Gasteiger partial charge in [0.1, 0.15) is 5.75 Å². The highest BCUT2D eigenvalue weighted by Crippen LogP contribution is 2.33. The second-order valence-electron chi connectivity index (χ2n) is 7.49. The first-order valence-electron chi connectivity index (χ1n) is 9.06. The average molecular weight is 379 g/mol. The Labute approximate surface area is 165 Å². The van der Waals surface area contributed by atoms with Crippen molar-refractivity contribution < 1.29 is 14.3 Å². The van der Waals surface area contributed by atoms with E-state index < -0.39 is 5.54 Å². The summed E-state index contributed by atoms with van der Waals surface area (Å²) >= 11 is 0. The number of nitrogens with one attached hydrogen (secondary N) is 2. The number of anilines is 2. The predicted molar refractivity (Wildman–Crippen MR) is 112 cm³/mol. The van der Waals surface area contributed by atoms with Gasteiger partial charge in [0.25, 0.3) is 5.91 Å². The second kappa shape index (κ2) is 7.38. The van der Waals surface area contributed by atoms with E-state index in [9.17, 15) is 9.59 Å². The van der Waals surface area contributed by atoms with Gasteiger partial charge in [0.05, 0.1) is 11.2 Å². The molecule has 0 radical (unpaired) electrons. The van der Waals surface area contributed by atoms with E-state index in [0.717, 1.165) is 16.7 Å². The summed E-state index contributed by atoms with van der Waals surface area (Å²) in [6.45, 7) is 9.83. The SMILES string of the molecule is C=C(C)c1cccc(C(C)(C)NC(=O)Nc2ccc3c(c2)N(C)C(=O)CO3)c1. The lowest BCUT2D eigenvalue weighted by atomic mass is 9.92. The molecule has 0 saturated carbocycles. The molecule has 146 valence electrons. The minimum atomic E-state index is -0.584. The van der Waals surface area contributed by atoms with E-state index in [0.29, 0.717) is 17.1 Å². The van der Waals surface area contributed by atoms with Gasteiger partial charge in [-0.2, -0.15) is 0 Å². The molecule has 0 spiro atoms. The van der Waals surface area contributed by atoms with Gasteiger partial charge < -0.3 is 20.3 Å². The normalized spacial score (nSPS) is 13.4. The van der Waals surface area contributed by atoms with Crippen LogP contribution in [-0.4, -0.2) is 25.6 Å². The topological polar surface area (TPSA) is 70.7 Å². The monoisotopic (exact) mass is 379 g/mol. The van der Waals surface area contributed by atoms with Crippen molar-refractivity contribution in [3.63, 3.8) is 0 Å². The smallest absolute Gasteiger partial charge is 0.319 e. The van der Waals surface area contributed by atoms with Crippen molar-refractivity contribution in [1.82, 2.24) is 5.32 Å². The van der Waals surface area contributed by atoms with Crippen molar-refractivity contribution in [2.45, 2.75) is 26.3 Å². The van der Waals surface area contributed by atoms with Gasteiger partial charge in [0.15, 0.2) is 6.61 Å². The van der Waals surface area contributed by atoms with Crippen LogP contribution in [0.25, 0.3) is 5.57 Å². The number of carbonyl (C=O) groups excluding carboxylic acids is 2. The van der Waals surface area contributed by atoms with Crippen molar-refractivity contribution in [2.24, 2.45) is 0 Å². The first kappa shape index (κ1) is 19.5. The fourth-order valence-electron chi connectivity index (χ4n) is 3.04. The molecule has 3 amide bonds. The minimum Gasteiger partial charge on any atom is -0.482 e. The van der Waals surface area contributed by atoms with E-state index in [2.05, 4.69) is 17.2 Å². The molecule has 0 bridgehead atoms. The molecule has 28 heavy (non-hydrogen) atoms. The predicted octanol–water partition coefficient (Wildman–Crippen LogP) is 4.13. The largest absolute Gasteiger partial charge is 0.482 e. The van der Waals surface area contributed by atoms with E-state index in [1.165, 1.54) is 4.90 Å². The lowest BCUT2D eigenvalue weighted by Gasteiger charge is -2.28. The first-order chi connectivity index (χ1) is 13.2. The van der Waals surface area contributed by atoms with Crippen LogP contribution in [0.4, 0.5) is 16.2 Å². The maximum Gasteiger partial charge on any atom is 0.319 e. The van der Waals surface area contributed by atoms with Crippen LogP contribution in [0.2, 0.25) is 0 Å². The van der Waals surface area contributed by atoms with Gasteiger partial charge >= 0.3 is 6.03 Å². The van der Waals surface area contributed by atoms with Crippen LogP contribution in [0.15, 0.2) is 49.0 Å². The highest BCUT2D eigenvalue weighted by Gasteiger charge is 2.25. The number of hydrogen-bond donors (Lipinski definition) is 2. The molecule has 3 rings (SSSR count). The molecule has 2 aromatic carbocycles. The maximum atomic E-state index is 12.6. The molecule has 6 heteroatoms. The van der Waals surface area contributed by atoms with E-state index in [-0.39, 0.29) is 18.5 Å². The summed E-state index contributed by atoms with van der Waals surface area (Å²) in [5, 5.41) is 5.83. The Morgan fingerprint density at radius 1 is 1.21 bits per heavy atom. The van der Waals surface area contributed by atoms with Gasteiger partial charge in [-0.1, -0.05) is 30.4 Å². The zero-order valence-electron chi connectivity index (χ0n) is 16.6. The van der Waals surface area contributed by atoms with Gasteiger partial charge in [-0.25, -0.2) is 4.79 Å². The number of nitrogens with zero attached hydrogens (tertiary/aromatic N) is 1. The third-order valence-electron chi connectivity index (χ3n) is 4.81. The number of urea groups is 1. The summed E-state index contributed by atoms with van der Waals surface area (Å²) in [5.41, 5.74) is 3.61. The van der Waals surface area contributed by atoms with Gasteiger partial charge in [-0.15, -0.1) is 0 Å². The van der Waals surface area contributed by atoms with E-state index in [1.807, 2.05) is 45.0 Å². The Balaban J connectivity index is 1.74. The molecule has 2 N–H and O–H groups in total. The first-order valence-corrected chi connectivity index (χ1v) is 9.06. The van der Waals surface area contributed by atoms with Crippen LogP contribution in [-0.2, 0) is 10.3 Å². The summed E-state index contributed by atoms with van der Waals surface area (Å²) in [7, 11) is 1.69. The Kier molecular flexibility index (Phi) is 5.14. The maximum absolute atomic E-state index is 12.6. The summed E-state index contributed by atoms with van der Waals surface area (Å²) in [6, 6.07) is 12.8. The number of rotatable bonds is 4. The highest BCUT2D eigenvalue weighted by molar-refractivity contribution is 5.99. The lowest BCUT2D eigenvalue weighted by molar-refractivity contribution is -0.120. The summed E-state index contributed by atoms with van der Waals surface area (Å²) in [5.74, 6) is 0.484. The Morgan fingerprint density at radius 3 is 2.68 bits per heavy atom. The van der Waals surface area contributed by atoms with Gasteiger partial charge in [0, 0.05) is 12.7 Å². The lowest BCUT2D eigenvalue weighted by Crippen LogP contribution is -2.43. The van der Waals surface area contributed by atoms with Gasteiger partial charge in [-0.3, -0.25) is 4.79 Å². The van der Waals surface area contributed by atoms with Crippen molar-refractivity contribution in [3.05, 3.63) is 60.2 Å². The van der Waals surface area contributed by atoms with Gasteiger partial charge in [-0.05, 0) is 56.2 Å². The molecule has 1 aliphatic heterocycles. The minimum absolute atomic E-state index is 0.0220. The van der Waals surface area contributed by atoms with Crippen molar-refractivity contribution >= 4 is 28.9 Å². The molecule has 6 nitrogen and oxygen atoms in total. The molecule has 1 heterocycles. The number of ether oxygens (including phenoxy) is 1. The van der Waals surface area contributed by atoms with Crippen LogP contribution in [0.5, 0.6) is 5.75 Å². The Hall–Kier alpha value is -3.28. The van der Waals surface area contributed by atoms with Crippen LogP contribution < -0.4 is 20.3 Å². The number of amides is 3. The molecule has 0 atom stereocenters. The fourth-order valence-corrected chi connectivity index (χ4v) is 3.04. The van der Waals surface area contributed by atoms with Crippen LogP contribution >= 0.6 is 0 Å². The molecule has 0 aliphatic carbocycles. The number of allylic oxidation sites excluding steroid dienone is 1. The number of hydrogen-bond acceptors (Lipinski definition) is 3.